The van der Waals surface area contributed by atoms with Gasteiger partial charge < -0.3 is 10.6 Å². The number of rotatable bonds is 2. The van der Waals surface area contributed by atoms with E-state index in [9.17, 15) is 4.79 Å². The molecule has 0 bridgehead atoms. The first-order chi connectivity index (χ1) is 7.75. The Labute approximate surface area is 98.4 Å². The van der Waals surface area contributed by atoms with Crippen molar-refractivity contribution in [2.24, 2.45) is 11.8 Å². The number of carbonyl (C=O) groups is 1. The average Bonchev–Trinajstić information content (AvgIpc) is 2.33. The van der Waals surface area contributed by atoms with Crippen molar-refractivity contribution < 1.29 is 4.79 Å². The highest BCUT2D eigenvalue weighted by Gasteiger charge is 2.25. The predicted molar refractivity (Wildman–Crippen MR) is 65.2 cm³/mol. The van der Waals surface area contributed by atoms with E-state index in [0.29, 0.717) is 6.04 Å². The molecule has 1 saturated carbocycles. The van der Waals surface area contributed by atoms with E-state index in [2.05, 4.69) is 17.6 Å². The van der Waals surface area contributed by atoms with Gasteiger partial charge in [0.25, 0.3) is 0 Å². The summed E-state index contributed by atoms with van der Waals surface area (Å²) in [4.78, 5) is 12.0. The fourth-order valence-corrected chi connectivity index (χ4v) is 2.80. The van der Waals surface area contributed by atoms with Crippen LogP contribution in [0.5, 0.6) is 0 Å². The highest BCUT2D eigenvalue weighted by Crippen LogP contribution is 2.23. The summed E-state index contributed by atoms with van der Waals surface area (Å²) >= 11 is 0. The average molecular weight is 224 g/mol. The highest BCUT2D eigenvalue weighted by molar-refractivity contribution is 5.79. The number of piperidine rings is 1. The molecule has 16 heavy (non-hydrogen) atoms. The molecule has 1 amide bonds. The number of carbonyl (C=O) groups excluding carboxylic acids is 1. The standard InChI is InChI=1S/C13H24N2O/c1-10-4-6-12(7-5-10)15-13(16)11-3-2-8-14-9-11/h10-12,14H,2-9H2,1H3,(H,15,16). The molecule has 2 N–H and O–H groups in total. The van der Waals surface area contributed by atoms with Crippen molar-refractivity contribution in [3.05, 3.63) is 0 Å². The Kier molecular flexibility index (Phi) is 4.22. The van der Waals surface area contributed by atoms with Gasteiger partial charge in [-0.1, -0.05) is 6.92 Å². The molecule has 1 unspecified atom stereocenters. The Morgan fingerprint density at radius 3 is 2.56 bits per heavy atom. The minimum Gasteiger partial charge on any atom is -0.353 e. The lowest BCUT2D eigenvalue weighted by atomic mass is 9.87. The lowest BCUT2D eigenvalue weighted by molar-refractivity contribution is -0.126. The van der Waals surface area contributed by atoms with Gasteiger partial charge in [0.15, 0.2) is 0 Å². The second-order valence-corrected chi connectivity index (χ2v) is 5.51. The Hall–Kier alpha value is -0.570. The number of amides is 1. The molecule has 1 aliphatic heterocycles. The summed E-state index contributed by atoms with van der Waals surface area (Å²) in [7, 11) is 0. The van der Waals surface area contributed by atoms with E-state index in [4.69, 9.17) is 0 Å². The lowest BCUT2D eigenvalue weighted by Gasteiger charge is -2.29. The normalized spacial score (nSPS) is 35.7. The third-order valence-corrected chi connectivity index (χ3v) is 4.03. The second-order valence-electron chi connectivity index (χ2n) is 5.51. The van der Waals surface area contributed by atoms with Gasteiger partial charge in [0, 0.05) is 12.6 Å². The summed E-state index contributed by atoms with van der Waals surface area (Å²) in [6.07, 6.45) is 7.09. The number of hydrogen-bond donors (Lipinski definition) is 2. The molecule has 0 aromatic heterocycles. The van der Waals surface area contributed by atoms with E-state index >= 15 is 0 Å². The smallest absolute Gasteiger partial charge is 0.224 e. The van der Waals surface area contributed by atoms with Crippen molar-refractivity contribution >= 4 is 5.91 Å². The van der Waals surface area contributed by atoms with Crippen molar-refractivity contribution in [1.29, 1.82) is 0 Å². The van der Waals surface area contributed by atoms with Crippen LogP contribution in [0.1, 0.15) is 45.4 Å². The Morgan fingerprint density at radius 2 is 1.94 bits per heavy atom. The zero-order valence-corrected chi connectivity index (χ0v) is 10.3. The van der Waals surface area contributed by atoms with Gasteiger partial charge in [-0.2, -0.15) is 0 Å². The minimum absolute atomic E-state index is 0.216. The van der Waals surface area contributed by atoms with Crippen LogP contribution in [-0.2, 0) is 4.79 Å². The largest absolute Gasteiger partial charge is 0.353 e. The molecule has 3 heteroatoms. The fraction of sp³-hybridized carbons (Fsp3) is 0.923. The zero-order valence-electron chi connectivity index (χ0n) is 10.3. The van der Waals surface area contributed by atoms with Crippen LogP contribution in [0.15, 0.2) is 0 Å². The summed E-state index contributed by atoms with van der Waals surface area (Å²) in [5, 5.41) is 6.53. The van der Waals surface area contributed by atoms with Crippen LogP contribution in [0.4, 0.5) is 0 Å². The first-order valence-corrected chi connectivity index (χ1v) is 6.77. The van der Waals surface area contributed by atoms with Crippen molar-refractivity contribution in [1.82, 2.24) is 10.6 Å². The highest BCUT2D eigenvalue weighted by atomic mass is 16.2. The van der Waals surface area contributed by atoms with Gasteiger partial charge in [-0.15, -0.1) is 0 Å². The quantitative estimate of drug-likeness (QED) is 0.749. The summed E-state index contributed by atoms with van der Waals surface area (Å²) in [6, 6.07) is 0.450. The summed E-state index contributed by atoms with van der Waals surface area (Å²) < 4.78 is 0. The number of nitrogens with one attached hydrogen (secondary N) is 2. The van der Waals surface area contributed by atoms with Crippen LogP contribution < -0.4 is 10.6 Å². The molecule has 1 heterocycles. The maximum absolute atomic E-state index is 12.0. The van der Waals surface area contributed by atoms with E-state index in [1.807, 2.05) is 0 Å². The molecule has 0 spiro atoms. The fourth-order valence-electron chi connectivity index (χ4n) is 2.80. The van der Waals surface area contributed by atoms with Crippen LogP contribution in [0.25, 0.3) is 0 Å². The molecule has 0 aromatic carbocycles. The van der Waals surface area contributed by atoms with E-state index in [1.165, 1.54) is 25.7 Å². The predicted octanol–water partition coefficient (Wildman–Crippen LogP) is 1.68. The van der Waals surface area contributed by atoms with Gasteiger partial charge in [-0.25, -0.2) is 0 Å². The topological polar surface area (TPSA) is 41.1 Å². The van der Waals surface area contributed by atoms with Gasteiger partial charge in [0.2, 0.25) is 5.91 Å². The second kappa shape index (κ2) is 5.67. The van der Waals surface area contributed by atoms with E-state index in [1.54, 1.807) is 0 Å². The van der Waals surface area contributed by atoms with Gasteiger partial charge in [0.1, 0.15) is 0 Å². The summed E-state index contributed by atoms with van der Waals surface area (Å²) in [6.45, 7) is 4.25. The van der Waals surface area contributed by atoms with Crippen molar-refractivity contribution in [2.75, 3.05) is 13.1 Å². The molecule has 92 valence electrons. The Bertz CT molecular complexity index is 228. The first-order valence-electron chi connectivity index (χ1n) is 6.77. The lowest BCUT2D eigenvalue weighted by Crippen LogP contribution is -2.45. The van der Waals surface area contributed by atoms with Gasteiger partial charge in [-0.05, 0) is 51.0 Å². The van der Waals surface area contributed by atoms with Crippen LogP contribution in [0, 0.1) is 11.8 Å². The number of hydrogen-bond acceptors (Lipinski definition) is 2. The maximum Gasteiger partial charge on any atom is 0.224 e. The summed E-state index contributed by atoms with van der Waals surface area (Å²) in [5.41, 5.74) is 0. The van der Waals surface area contributed by atoms with Gasteiger partial charge >= 0.3 is 0 Å². The third kappa shape index (κ3) is 3.21. The van der Waals surface area contributed by atoms with E-state index < -0.39 is 0 Å². The first kappa shape index (κ1) is 11.9. The van der Waals surface area contributed by atoms with Crippen LogP contribution in [0.3, 0.4) is 0 Å². The van der Waals surface area contributed by atoms with Gasteiger partial charge in [0.05, 0.1) is 5.92 Å². The van der Waals surface area contributed by atoms with Crippen LogP contribution >= 0.6 is 0 Å². The van der Waals surface area contributed by atoms with Crippen LogP contribution in [-0.4, -0.2) is 25.0 Å². The third-order valence-electron chi connectivity index (χ3n) is 4.03. The Balaban J connectivity index is 1.73. The zero-order chi connectivity index (χ0) is 11.4. The molecule has 0 aromatic rings. The molecular weight excluding hydrogens is 200 g/mol. The Morgan fingerprint density at radius 1 is 1.19 bits per heavy atom. The monoisotopic (exact) mass is 224 g/mol. The van der Waals surface area contributed by atoms with E-state index in [-0.39, 0.29) is 11.8 Å². The summed E-state index contributed by atoms with van der Waals surface area (Å²) in [5.74, 6) is 1.35. The minimum atomic E-state index is 0.216. The molecule has 1 saturated heterocycles. The molecule has 2 aliphatic rings. The molecule has 2 fully saturated rings. The SMILES string of the molecule is CC1CCC(NC(=O)C2CCCNC2)CC1. The van der Waals surface area contributed by atoms with Crippen LogP contribution in [0.2, 0.25) is 0 Å². The van der Waals surface area contributed by atoms with Crippen molar-refractivity contribution in [2.45, 2.75) is 51.5 Å². The van der Waals surface area contributed by atoms with Gasteiger partial charge in [-0.3, -0.25) is 4.79 Å². The molecule has 3 nitrogen and oxygen atoms in total. The van der Waals surface area contributed by atoms with E-state index in [0.717, 1.165) is 31.8 Å². The molecule has 1 atom stereocenters. The molecule has 2 rings (SSSR count). The molecule has 0 radical (unpaired) electrons. The molecular formula is C13H24N2O. The molecule has 1 aliphatic carbocycles. The maximum atomic E-state index is 12.0. The van der Waals surface area contributed by atoms with Crippen molar-refractivity contribution in [3.63, 3.8) is 0 Å². The van der Waals surface area contributed by atoms with Crippen molar-refractivity contribution in [3.8, 4) is 0 Å².